The minimum absolute atomic E-state index is 0. The van der Waals surface area contributed by atoms with Gasteiger partial charge in [0, 0.05) is 44.8 Å². The highest BCUT2D eigenvalue weighted by molar-refractivity contribution is 14.0. The first-order valence-corrected chi connectivity index (χ1v) is 8.64. The first kappa shape index (κ1) is 20.1. The molecule has 1 atom stereocenters. The van der Waals surface area contributed by atoms with Gasteiger partial charge < -0.3 is 20.1 Å². The van der Waals surface area contributed by atoms with Crippen LogP contribution in [0, 0.1) is 0 Å². The molecule has 2 N–H and O–H groups in total. The van der Waals surface area contributed by atoms with E-state index in [9.17, 15) is 0 Å². The maximum atomic E-state index is 5.36. The Morgan fingerprint density at radius 1 is 1.08 bits per heavy atom. The Labute approximate surface area is 167 Å². The van der Waals surface area contributed by atoms with Crippen molar-refractivity contribution in [1.82, 2.24) is 15.5 Å². The van der Waals surface area contributed by atoms with Gasteiger partial charge >= 0.3 is 0 Å². The molecule has 1 aromatic rings. The summed E-state index contributed by atoms with van der Waals surface area (Å²) in [7, 11) is 5.21. The van der Waals surface area contributed by atoms with Crippen LogP contribution in [0.4, 0.5) is 0 Å². The molecule has 0 spiro atoms. The number of guanidine groups is 1. The largest absolute Gasteiger partial charge is 0.497 e. The van der Waals surface area contributed by atoms with Crippen molar-refractivity contribution in [2.75, 3.05) is 34.4 Å². The van der Waals surface area contributed by atoms with Crippen LogP contribution >= 0.6 is 24.0 Å². The van der Waals surface area contributed by atoms with E-state index in [1.54, 1.807) is 14.2 Å². The first-order chi connectivity index (χ1) is 11.7. The molecule has 0 amide bonds. The van der Waals surface area contributed by atoms with E-state index in [0.29, 0.717) is 12.1 Å². The summed E-state index contributed by atoms with van der Waals surface area (Å²) in [4.78, 5) is 6.78. The van der Waals surface area contributed by atoms with E-state index in [0.717, 1.165) is 43.5 Å². The molecule has 1 saturated heterocycles. The number of methoxy groups -OCH3 is 2. The Kier molecular flexibility index (Phi) is 7.61. The van der Waals surface area contributed by atoms with Gasteiger partial charge in [0.1, 0.15) is 11.5 Å². The number of nitrogens with zero attached hydrogens (tertiary/aromatic N) is 2. The molecule has 2 aliphatic rings. The summed E-state index contributed by atoms with van der Waals surface area (Å²) in [5.41, 5.74) is 1.22. The van der Waals surface area contributed by atoms with E-state index in [4.69, 9.17) is 9.47 Å². The Morgan fingerprint density at radius 2 is 1.72 bits per heavy atom. The quantitative estimate of drug-likeness (QED) is 0.388. The normalized spacial score (nSPS) is 20.8. The average molecular weight is 460 g/mol. The van der Waals surface area contributed by atoms with Crippen LogP contribution in [0.25, 0.3) is 0 Å². The second-order valence-corrected chi connectivity index (χ2v) is 6.58. The van der Waals surface area contributed by atoms with E-state index >= 15 is 0 Å². The topological polar surface area (TPSA) is 58.1 Å². The smallest absolute Gasteiger partial charge is 0.191 e. The summed E-state index contributed by atoms with van der Waals surface area (Å²) >= 11 is 0. The van der Waals surface area contributed by atoms with Gasteiger partial charge in [-0.05, 0) is 37.0 Å². The second-order valence-electron chi connectivity index (χ2n) is 6.58. The molecule has 1 heterocycles. The van der Waals surface area contributed by atoms with Crippen molar-refractivity contribution < 1.29 is 9.47 Å². The molecular formula is C18H29IN4O2. The maximum Gasteiger partial charge on any atom is 0.191 e. The Hall–Kier alpha value is -1.22. The number of aliphatic imine (C=N–C) groups is 1. The van der Waals surface area contributed by atoms with Gasteiger partial charge in [-0.1, -0.05) is 0 Å². The third-order valence-corrected chi connectivity index (χ3v) is 4.57. The van der Waals surface area contributed by atoms with Gasteiger partial charge in [-0.25, -0.2) is 0 Å². The van der Waals surface area contributed by atoms with Crippen molar-refractivity contribution in [2.24, 2.45) is 4.99 Å². The molecule has 0 bridgehead atoms. The zero-order valence-electron chi connectivity index (χ0n) is 15.2. The second kappa shape index (κ2) is 9.47. The Bertz CT molecular complexity index is 570. The monoisotopic (exact) mass is 460 g/mol. The van der Waals surface area contributed by atoms with Gasteiger partial charge in [0.05, 0.1) is 14.2 Å². The van der Waals surface area contributed by atoms with E-state index < -0.39 is 0 Å². The highest BCUT2D eigenvalue weighted by Gasteiger charge is 2.26. The number of hydrogen-bond donors (Lipinski definition) is 2. The lowest BCUT2D eigenvalue weighted by Crippen LogP contribution is -2.45. The van der Waals surface area contributed by atoms with Gasteiger partial charge in [0.15, 0.2) is 5.96 Å². The minimum Gasteiger partial charge on any atom is -0.497 e. The van der Waals surface area contributed by atoms with Gasteiger partial charge in [0.2, 0.25) is 0 Å². The van der Waals surface area contributed by atoms with Crippen LogP contribution in [0.5, 0.6) is 11.5 Å². The number of rotatable bonds is 6. The molecular weight excluding hydrogens is 431 g/mol. The number of ether oxygens (including phenoxy) is 2. The van der Waals surface area contributed by atoms with Gasteiger partial charge in [-0.3, -0.25) is 9.89 Å². The highest BCUT2D eigenvalue weighted by atomic mass is 127. The van der Waals surface area contributed by atoms with Crippen LogP contribution < -0.4 is 20.1 Å². The molecule has 1 aliphatic heterocycles. The molecule has 3 rings (SSSR count). The summed E-state index contributed by atoms with van der Waals surface area (Å²) in [5.74, 6) is 2.62. The predicted molar refractivity (Wildman–Crippen MR) is 111 cm³/mol. The zero-order chi connectivity index (χ0) is 16.9. The van der Waals surface area contributed by atoms with Gasteiger partial charge in [0.25, 0.3) is 0 Å². The van der Waals surface area contributed by atoms with Crippen molar-refractivity contribution in [1.29, 1.82) is 0 Å². The molecule has 0 radical (unpaired) electrons. The van der Waals surface area contributed by atoms with Crippen molar-refractivity contribution in [3.63, 3.8) is 0 Å². The van der Waals surface area contributed by atoms with Crippen molar-refractivity contribution >= 4 is 29.9 Å². The van der Waals surface area contributed by atoms with E-state index in [2.05, 4.69) is 32.7 Å². The van der Waals surface area contributed by atoms with Crippen LogP contribution in [-0.2, 0) is 6.54 Å². The number of benzene rings is 1. The Balaban J connectivity index is 0.00000225. The van der Waals surface area contributed by atoms with Crippen LogP contribution in [0.3, 0.4) is 0 Å². The van der Waals surface area contributed by atoms with Crippen molar-refractivity contribution in [3.8, 4) is 11.5 Å². The predicted octanol–water partition coefficient (Wildman–Crippen LogP) is 2.22. The third-order valence-electron chi connectivity index (χ3n) is 4.57. The lowest BCUT2D eigenvalue weighted by Gasteiger charge is -2.19. The van der Waals surface area contributed by atoms with Gasteiger partial charge in [-0.15, -0.1) is 24.0 Å². The summed E-state index contributed by atoms with van der Waals surface area (Å²) in [6.45, 7) is 3.00. The number of halogens is 1. The minimum atomic E-state index is 0. The number of likely N-dealkylation sites (tertiary alicyclic amines) is 1. The van der Waals surface area contributed by atoms with Gasteiger partial charge in [-0.2, -0.15) is 0 Å². The van der Waals surface area contributed by atoms with Crippen LogP contribution in [0.15, 0.2) is 23.2 Å². The van der Waals surface area contributed by atoms with Crippen LogP contribution in [0.1, 0.15) is 24.8 Å². The standard InChI is InChI=1S/C18H28N4O2.HI/c1-19-18(20-14-4-5-14)21-15-6-7-22(12-15)11-13-8-16(23-2)10-17(9-13)24-3;/h8-10,14-15H,4-7,11-12H2,1-3H3,(H2,19,20,21);1H. The molecule has 2 fully saturated rings. The molecule has 1 aromatic carbocycles. The summed E-state index contributed by atoms with van der Waals surface area (Å²) < 4.78 is 10.7. The van der Waals surface area contributed by atoms with Crippen molar-refractivity contribution in [3.05, 3.63) is 23.8 Å². The fourth-order valence-corrected chi connectivity index (χ4v) is 3.10. The van der Waals surface area contributed by atoms with E-state index in [1.807, 2.05) is 13.1 Å². The average Bonchev–Trinajstić information content (AvgIpc) is 3.32. The van der Waals surface area contributed by atoms with E-state index in [1.165, 1.54) is 18.4 Å². The molecule has 25 heavy (non-hydrogen) atoms. The molecule has 1 unspecified atom stereocenters. The molecule has 1 aliphatic carbocycles. The fraction of sp³-hybridized carbons (Fsp3) is 0.611. The van der Waals surface area contributed by atoms with Crippen LogP contribution in [0.2, 0.25) is 0 Å². The molecule has 7 heteroatoms. The number of nitrogens with one attached hydrogen (secondary N) is 2. The SMILES string of the molecule is CN=C(NC1CC1)NC1CCN(Cc2cc(OC)cc(OC)c2)C1.I. The fourth-order valence-electron chi connectivity index (χ4n) is 3.10. The Morgan fingerprint density at radius 3 is 2.28 bits per heavy atom. The third kappa shape index (κ3) is 5.91. The first-order valence-electron chi connectivity index (χ1n) is 8.64. The zero-order valence-corrected chi connectivity index (χ0v) is 17.6. The van der Waals surface area contributed by atoms with Crippen LogP contribution in [-0.4, -0.2) is 57.3 Å². The molecule has 0 aromatic heterocycles. The molecule has 1 saturated carbocycles. The lowest BCUT2D eigenvalue weighted by atomic mass is 10.2. The van der Waals surface area contributed by atoms with Crippen molar-refractivity contribution in [2.45, 2.75) is 37.9 Å². The molecule has 140 valence electrons. The summed E-state index contributed by atoms with van der Waals surface area (Å²) in [6.07, 6.45) is 3.65. The highest BCUT2D eigenvalue weighted by Crippen LogP contribution is 2.24. The summed E-state index contributed by atoms with van der Waals surface area (Å²) in [6, 6.07) is 7.14. The number of hydrogen-bond acceptors (Lipinski definition) is 4. The maximum absolute atomic E-state index is 5.36. The summed E-state index contributed by atoms with van der Waals surface area (Å²) in [5, 5.41) is 7.00. The lowest BCUT2D eigenvalue weighted by molar-refractivity contribution is 0.321. The van der Waals surface area contributed by atoms with E-state index in [-0.39, 0.29) is 24.0 Å². The molecule has 6 nitrogen and oxygen atoms in total.